The molecule has 2 aliphatic rings. The lowest BCUT2D eigenvalue weighted by Gasteiger charge is -2.31. The molecule has 26 heavy (non-hydrogen) atoms. The van der Waals surface area contributed by atoms with E-state index < -0.39 is 10.0 Å². The molecule has 140 valence electrons. The smallest absolute Gasteiger partial charge is 0.240 e. The van der Waals surface area contributed by atoms with Crippen LogP contribution in [0.3, 0.4) is 0 Å². The van der Waals surface area contributed by atoms with Crippen LogP contribution in [-0.2, 0) is 14.8 Å². The molecule has 1 N–H and O–H groups in total. The molecule has 5 heteroatoms. The maximum Gasteiger partial charge on any atom is 0.240 e. The summed E-state index contributed by atoms with van der Waals surface area (Å²) in [5.41, 5.74) is 2.20. The molecule has 0 amide bonds. The normalized spacial score (nSPS) is 28.7. The van der Waals surface area contributed by atoms with E-state index in [1.807, 2.05) is 6.08 Å². The molecule has 0 spiro atoms. The van der Waals surface area contributed by atoms with E-state index in [-0.39, 0.29) is 34.0 Å². The Bertz CT molecular complexity index is 894. The molecule has 2 saturated carbocycles. The molecule has 4 nitrogen and oxygen atoms in total. The average Bonchev–Trinajstić information content (AvgIpc) is 2.88. The molecule has 2 atom stereocenters. The van der Waals surface area contributed by atoms with Crippen molar-refractivity contribution < 1.29 is 13.2 Å². The molecule has 0 aliphatic heterocycles. The van der Waals surface area contributed by atoms with E-state index in [0.717, 1.165) is 29.6 Å². The number of sulfonamides is 1. The van der Waals surface area contributed by atoms with Crippen molar-refractivity contribution in [3.63, 3.8) is 0 Å². The Labute approximate surface area is 156 Å². The van der Waals surface area contributed by atoms with Crippen LogP contribution in [0.4, 0.5) is 0 Å². The third-order valence-electron chi connectivity index (χ3n) is 6.44. The molecular weight excluding hydrogens is 346 g/mol. The van der Waals surface area contributed by atoms with Crippen molar-refractivity contribution in [2.75, 3.05) is 6.54 Å². The van der Waals surface area contributed by atoms with E-state index in [1.165, 1.54) is 0 Å². The summed E-state index contributed by atoms with van der Waals surface area (Å²) in [6.45, 7) is 12.1. The summed E-state index contributed by atoms with van der Waals surface area (Å²) in [5.74, 6) is 0.527. The molecule has 0 aromatic heterocycles. The van der Waals surface area contributed by atoms with Gasteiger partial charge in [0.25, 0.3) is 0 Å². The van der Waals surface area contributed by atoms with Gasteiger partial charge in [0.1, 0.15) is 0 Å². The zero-order valence-corrected chi connectivity index (χ0v) is 16.7. The van der Waals surface area contributed by atoms with Crippen LogP contribution in [0.15, 0.2) is 46.9 Å². The van der Waals surface area contributed by atoms with Gasteiger partial charge in [-0.1, -0.05) is 45.1 Å². The van der Waals surface area contributed by atoms with Gasteiger partial charge in [-0.3, -0.25) is 4.79 Å². The Morgan fingerprint density at radius 2 is 1.88 bits per heavy atom. The second kappa shape index (κ2) is 6.17. The van der Waals surface area contributed by atoms with Gasteiger partial charge in [0.15, 0.2) is 5.78 Å². The Morgan fingerprint density at radius 1 is 1.27 bits per heavy atom. The summed E-state index contributed by atoms with van der Waals surface area (Å²) >= 11 is 0. The Morgan fingerprint density at radius 3 is 2.38 bits per heavy atom. The fourth-order valence-electron chi connectivity index (χ4n) is 4.32. The maximum atomic E-state index is 12.9. The maximum absolute atomic E-state index is 12.9. The van der Waals surface area contributed by atoms with Crippen LogP contribution >= 0.6 is 0 Å². The van der Waals surface area contributed by atoms with E-state index >= 15 is 0 Å². The van der Waals surface area contributed by atoms with Crippen molar-refractivity contribution in [2.45, 2.75) is 45.4 Å². The Hall–Kier alpha value is -1.72. The number of carbonyl (C=O) groups is 1. The number of fused-ring (bicyclic) bond motifs is 2. The van der Waals surface area contributed by atoms with Crippen molar-refractivity contribution in [3.8, 4) is 0 Å². The largest absolute Gasteiger partial charge is 0.294 e. The second-order valence-corrected chi connectivity index (χ2v) is 10.2. The highest BCUT2D eigenvalue weighted by Gasteiger charge is 2.63. The number of allylic oxidation sites excluding steroid dienone is 1. The first-order chi connectivity index (χ1) is 12.0. The Balaban J connectivity index is 1.86. The third kappa shape index (κ3) is 2.87. The lowest BCUT2D eigenvalue weighted by molar-refractivity contribution is -0.125. The van der Waals surface area contributed by atoms with Gasteiger partial charge in [0, 0.05) is 12.0 Å². The molecule has 1 aromatic rings. The zero-order valence-electron chi connectivity index (χ0n) is 15.9. The molecule has 0 saturated heterocycles. The number of ketones is 1. The van der Waals surface area contributed by atoms with Crippen LogP contribution in [0, 0.1) is 16.7 Å². The number of hydrogen-bond acceptors (Lipinski definition) is 3. The molecule has 2 unspecified atom stereocenters. The van der Waals surface area contributed by atoms with Gasteiger partial charge in [0.2, 0.25) is 10.0 Å². The minimum atomic E-state index is -3.55. The predicted molar refractivity (Wildman–Crippen MR) is 104 cm³/mol. The number of Topliss-reactive ketones (excluding diaryl/α,β-unsaturated/α-hetero) is 1. The van der Waals surface area contributed by atoms with Crippen molar-refractivity contribution >= 4 is 21.9 Å². The molecule has 2 fully saturated rings. The monoisotopic (exact) mass is 373 g/mol. The molecule has 1 aromatic carbocycles. The highest BCUT2D eigenvalue weighted by molar-refractivity contribution is 7.89. The van der Waals surface area contributed by atoms with E-state index in [4.69, 9.17) is 0 Å². The average molecular weight is 374 g/mol. The van der Waals surface area contributed by atoms with E-state index in [9.17, 15) is 13.2 Å². The first-order valence-corrected chi connectivity index (χ1v) is 10.5. The zero-order chi connectivity index (χ0) is 19.3. The molecule has 2 aliphatic carbocycles. The standard InChI is InChI=1S/C21H27NO3S/c1-14(2)13-22-26(24,25)16-8-6-15(7-9-16)12-17-18-10-11-21(5,19(17)23)20(18,3)4/h6-9,12,18,22H,1,10-11,13H2,2-5H3/b17-12+. The number of nitrogens with one attached hydrogen (secondary N) is 1. The molecule has 3 rings (SSSR count). The summed E-state index contributed by atoms with van der Waals surface area (Å²) in [6.07, 6.45) is 3.93. The fraction of sp³-hybridized carbons (Fsp3) is 0.476. The molecule has 0 radical (unpaired) electrons. The predicted octanol–water partition coefficient (Wildman–Crippen LogP) is 3.95. The van der Waals surface area contributed by atoms with Crippen LogP contribution in [-0.4, -0.2) is 20.7 Å². The van der Waals surface area contributed by atoms with Crippen LogP contribution in [0.5, 0.6) is 0 Å². The van der Waals surface area contributed by atoms with Gasteiger partial charge in [-0.25, -0.2) is 13.1 Å². The highest BCUT2D eigenvalue weighted by Crippen LogP contribution is 2.65. The summed E-state index contributed by atoms with van der Waals surface area (Å²) in [4.78, 5) is 13.1. The Kier molecular flexibility index (Phi) is 4.52. The molecule has 2 bridgehead atoms. The first-order valence-electron chi connectivity index (χ1n) is 8.99. The van der Waals surface area contributed by atoms with Crippen LogP contribution in [0.1, 0.15) is 46.1 Å². The van der Waals surface area contributed by atoms with Gasteiger partial charge < -0.3 is 0 Å². The van der Waals surface area contributed by atoms with Crippen molar-refractivity contribution in [3.05, 3.63) is 47.6 Å². The summed E-state index contributed by atoms with van der Waals surface area (Å²) in [5, 5.41) is 0. The number of carbonyl (C=O) groups excluding carboxylic acids is 1. The minimum Gasteiger partial charge on any atom is -0.294 e. The van der Waals surface area contributed by atoms with E-state index in [2.05, 4.69) is 32.1 Å². The van der Waals surface area contributed by atoms with Gasteiger partial charge in [0.05, 0.1) is 4.90 Å². The SMILES string of the molecule is C=C(C)CNS(=O)(=O)c1ccc(/C=C2/C(=O)C3(C)CCC2C3(C)C)cc1. The second-order valence-electron chi connectivity index (χ2n) is 8.42. The first kappa shape index (κ1) is 19.1. The van der Waals surface area contributed by atoms with Crippen molar-refractivity contribution in [2.24, 2.45) is 16.7 Å². The third-order valence-corrected chi connectivity index (χ3v) is 7.86. The van der Waals surface area contributed by atoms with Gasteiger partial charge in [-0.05, 0) is 60.4 Å². The quantitative estimate of drug-likeness (QED) is 0.628. The van der Waals surface area contributed by atoms with Gasteiger partial charge in [-0.2, -0.15) is 0 Å². The van der Waals surface area contributed by atoms with Crippen LogP contribution in [0.25, 0.3) is 6.08 Å². The van der Waals surface area contributed by atoms with Gasteiger partial charge in [-0.15, -0.1) is 0 Å². The molecule has 0 heterocycles. The fourth-order valence-corrected chi connectivity index (χ4v) is 5.42. The van der Waals surface area contributed by atoms with Crippen molar-refractivity contribution in [1.29, 1.82) is 0 Å². The molecular formula is C21H27NO3S. The number of rotatable bonds is 5. The van der Waals surface area contributed by atoms with Gasteiger partial charge >= 0.3 is 0 Å². The minimum absolute atomic E-state index is 0.0222. The topological polar surface area (TPSA) is 63.2 Å². The highest BCUT2D eigenvalue weighted by atomic mass is 32.2. The number of hydrogen-bond donors (Lipinski definition) is 1. The summed E-state index contributed by atoms with van der Waals surface area (Å²) < 4.78 is 27.0. The summed E-state index contributed by atoms with van der Waals surface area (Å²) in [6, 6.07) is 6.68. The lowest BCUT2D eigenvalue weighted by atomic mass is 9.70. The van der Waals surface area contributed by atoms with Crippen LogP contribution in [0.2, 0.25) is 0 Å². The van der Waals surface area contributed by atoms with Crippen molar-refractivity contribution in [1.82, 2.24) is 4.72 Å². The van der Waals surface area contributed by atoms with Crippen LogP contribution < -0.4 is 4.72 Å². The summed E-state index contributed by atoms with van der Waals surface area (Å²) in [7, 11) is -3.55. The lowest BCUT2D eigenvalue weighted by Crippen LogP contribution is -2.32. The van der Waals surface area contributed by atoms with E-state index in [1.54, 1.807) is 31.2 Å². The number of benzene rings is 1. The van der Waals surface area contributed by atoms with E-state index in [0.29, 0.717) is 0 Å².